The van der Waals surface area contributed by atoms with Gasteiger partial charge < -0.3 is 15.8 Å². The van der Waals surface area contributed by atoms with Gasteiger partial charge in [0.1, 0.15) is 10.8 Å². The third kappa shape index (κ3) is 4.29. The maximum absolute atomic E-state index is 11.2. The van der Waals surface area contributed by atoms with E-state index in [1.165, 1.54) is 0 Å². The van der Waals surface area contributed by atoms with E-state index in [2.05, 4.69) is 10.3 Å². The Bertz CT molecular complexity index is 449. The molecule has 0 atom stereocenters. The maximum atomic E-state index is 11.2. The van der Waals surface area contributed by atoms with Crippen molar-refractivity contribution in [3.8, 4) is 0 Å². The van der Waals surface area contributed by atoms with Crippen molar-refractivity contribution in [1.82, 2.24) is 4.98 Å². The summed E-state index contributed by atoms with van der Waals surface area (Å²) in [4.78, 5) is 15.8. The Labute approximate surface area is 112 Å². The zero-order valence-electron chi connectivity index (χ0n) is 10.5. The van der Waals surface area contributed by atoms with Crippen molar-refractivity contribution in [1.29, 1.82) is 0 Å². The first kappa shape index (κ1) is 14.4. The van der Waals surface area contributed by atoms with Crippen LogP contribution in [0.1, 0.15) is 24.6 Å². The summed E-state index contributed by atoms with van der Waals surface area (Å²) in [5.74, 6) is 0.362. The molecule has 0 fully saturated rings. The number of hydrogen-bond donors (Lipinski definition) is 2. The number of esters is 1. The number of aromatic nitrogens is 1. The number of carbonyl (C=O) groups is 1. The number of ether oxygens (including phenoxy) is 1. The second kappa shape index (κ2) is 6.90. The van der Waals surface area contributed by atoms with Gasteiger partial charge in [0.05, 0.1) is 18.6 Å². The molecule has 5 nitrogen and oxygen atoms in total. The summed E-state index contributed by atoms with van der Waals surface area (Å²) in [6, 6.07) is 3.66. The summed E-state index contributed by atoms with van der Waals surface area (Å²) >= 11 is 4.94. The van der Waals surface area contributed by atoms with E-state index in [9.17, 15) is 4.79 Å². The molecule has 1 aromatic heterocycles. The predicted molar refractivity (Wildman–Crippen MR) is 74.6 cm³/mol. The second-order valence-electron chi connectivity index (χ2n) is 3.69. The molecule has 98 valence electrons. The smallest absolute Gasteiger partial charge is 0.307 e. The summed E-state index contributed by atoms with van der Waals surface area (Å²) in [6.45, 7) is 4.48. The fraction of sp³-hybridized carbons (Fsp3) is 0.417. The highest BCUT2D eigenvalue weighted by Crippen LogP contribution is 2.13. The summed E-state index contributed by atoms with van der Waals surface area (Å²) < 4.78 is 4.83. The van der Waals surface area contributed by atoms with Crippen LogP contribution >= 0.6 is 12.2 Å². The van der Waals surface area contributed by atoms with Crippen LogP contribution in [0.25, 0.3) is 0 Å². The number of carbonyl (C=O) groups excluding carboxylic acids is 1. The molecule has 1 rings (SSSR count). The SMILES string of the molecule is CCOC(=O)CCNc1nc(C)ccc1C(N)=S. The van der Waals surface area contributed by atoms with Gasteiger partial charge in [0.25, 0.3) is 0 Å². The molecule has 0 saturated carbocycles. The summed E-state index contributed by atoms with van der Waals surface area (Å²) in [7, 11) is 0. The maximum Gasteiger partial charge on any atom is 0.307 e. The molecule has 0 aromatic carbocycles. The minimum Gasteiger partial charge on any atom is -0.466 e. The van der Waals surface area contributed by atoms with Crippen LogP contribution in [0.15, 0.2) is 12.1 Å². The number of rotatable bonds is 6. The van der Waals surface area contributed by atoms with Gasteiger partial charge in [-0.15, -0.1) is 0 Å². The average molecular weight is 267 g/mol. The van der Waals surface area contributed by atoms with Crippen molar-refractivity contribution in [2.75, 3.05) is 18.5 Å². The Hall–Kier alpha value is -1.69. The van der Waals surface area contributed by atoms with E-state index in [1.807, 2.05) is 19.1 Å². The predicted octanol–water partition coefficient (Wildman–Crippen LogP) is 1.39. The number of aryl methyl sites for hydroxylation is 1. The molecule has 0 radical (unpaired) electrons. The van der Waals surface area contributed by atoms with Crippen molar-refractivity contribution >= 4 is 29.0 Å². The molecule has 0 aliphatic rings. The monoisotopic (exact) mass is 267 g/mol. The normalized spacial score (nSPS) is 9.89. The molecule has 0 aliphatic carbocycles. The molecule has 1 aromatic rings. The van der Waals surface area contributed by atoms with E-state index in [0.29, 0.717) is 24.5 Å². The highest BCUT2D eigenvalue weighted by atomic mass is 32.1. The van der Waals surface area contributed by atoms with E-state index < -0.39 is 0 Å². The van der Waals surface area contributed by atoms with Gasteiger partial charge in [0, 0.05) is 12.2 Å². The summed E-state index contributed by atoms with van der Waals surface area (Å²) in [5, 5.41) is 3.05. The highest BCUT2D eigenvalue weighted by molar-refractivity contribution is 7.80. The number of nitrogens with two attached hydrogens (primary N) is 1. The van der Waals surface area contributed by atoms with Crippen LogP contribution in [-0.4, -0.2) is 29.1 Å². The van der Waals surface area contributed by atoms with E-state index in [1.54, 1.807) is 6.92 Å². The first-order valence-corrected chi connectivity index (χ1v) is 6.12. The minimum atomic E-state index is -0.241. The quantitative estimate of drug-likeness (QED) is 0.599. The molecule has 18 heavy (non-hydrogen) atoms. The van der Waals surface area contributed by atoms with Gasteiger partial charge in [0.15, 0.2) is 0 Å². The lowest BCUT2D eigenvalue weighted by Crippen LogP contribution is -2.17. The van der Waals surface area contributed by atoms with E-state index in [0.717, 1.165) is 5.69 Å². The van der Waals surface area contributed by atoms with E-state index in [-0.39, 0.29) is 17.4 Å². The fourth-order valence-electron chi connectivity index (χ4n) is 1.41. The Balaban J connectivity index is 2.63. The van der Waals surface area contributed by atoms with Crippen LogP contribution < -0.4 is 11.1 Å². The molecule has 0 saturated heterocycles. The zero-order valence-corrected chi connectivity index (χ0v) is 11.3. The van der Waals surface area contributed by atoms with Crippen LogP contribution in [0.3, 0.4) is 0 Å². The van der Waals surface area contributed by atoms with Crippen LogP contribution in [0.5, 0.6) is 0 Å². The van der Waals surface area contributed by atoms with Gasteiger partial charge >= 0.3 is 5.97 Å². The van der Waals surface area contributed by atoms with Crippen molar-refractivity contribution < 1.29 is 9.53 Å². The molecule has 0 amide bonds. The molecule has 6 heteroatoms. The molecular formula is C12H17N3O2S. The number of anilines is 1. The Morgan fingerprint density at radius 3 is 2.89 bits per heavy atom. The van der Waals surface area contributed by atoms with Crippen LogP contribution in [-0.2, 0) is 9.53 Å². The number of nitrogens with one attached hydrogen (secondary N) is 1. The van der Waals surface area contributed by atoms with Crippen molar-refractivity contribution in [2.45, 2.75) is 20.3 Å². The standard InChI is InChI=1S/C12H17N3O2S/c1-3-17-10(16)6-7-14-12-9(11(13)18)5-4-8(2)15-12/h4-5H,3,6-7H2,1-2H3,(H2,13,18)(H,14,15). The van der Waals surface area contributed by atoms with Crippen LogP contribution in [0, 0.1) is 6.92 Å². The lowest BCUT2D eigenvalue weighted by Gasteiger charge is -2.10. The zero-order chi connectivity index (χ0) is 13.5. The average Bonchev–Trinajstić information content (AvgIpc) is 2.29. The number of thiocarbonyl (C=S) groups is 1. The lowest BCUT2D eigenvalue weighted by molar-refractivity contribution is -0.142. The van der Waals surface area contributed by atoms with Crippen molar-refractivity contribution in [3.63, 3.8) is 0 Å². The third-order valence-electron chi connectivity index (χ3n) is 2.23. The lowest BCUT2D eigenvalue weighted by atomic mass is 10.2. The van der Waals surface area contributed by atoms with Gasteiger partial charge in [-0.25, -0.2) is 4.98 Å². The molecule has 0 aliphatic heterocycles. The third-order valence-corrected chi connectivity index (χ3v) is 2.45. The Morgan fingerprint density at radius 2 is 2.28 bits per heavy atom. The second-order valence-corrected chi connectivity index (χ2v) is 4.13. The van der Waals surface area contributed by atoms with Gasteiger partial charge in [-0.05, 0) is 26.0 Å². The number of hydrogen-bond acceptors (Lipinski definition) is 5. The molecular weight excluding hydrogens is 250 g/mol. The van der Waals surface area contributed by atoms with Gasteiger partial charge in [-0.2, -0.15) is 0 Å². The van der Waals surface area contributed by atoms with Crippen LogP contribution in [0.2, 0.25) is 0 Å². The van der Waals surface area contributed by atoms with Gasteiger partial charge in [-0.1, -0.05) is 12.2 Å². The molecule has 1 heterocycles. The van der Waals surface area contributed by atoms with E-state index in [4.69, 9.17) is 22.7 Å². The molecule has 0 bridgehead atoms. The van der Waals surface area contributed by atoms with Gasteiger partial charge in [-0.3, -0.25) is 4.79 Å². The fourth-order valence-corrected chi connectivity index (χ4v) is 1.57. The first-order valence-electron chi connectivity index (χ1n) is 5.71. The summed E-state index contributed by atoms with van der Waals surface area (Å²) in [6.07, 6.45) is 0.278. The van der Waals surface area contributed by atoms with Crippen molar-refractivity contribution in [2.24, 2.45) is 5.73 Å². The first-order chi connectivity index (χ1) is 8.54. The molecule has 0 unspecified atom stereocenters. The van der Waals surface area contributed by atoms with E-state index >= 15 is 0 Å². The minimum absolute atomic E-state index is 0.241. The van der Waals surface area contributed by atoms with Crippen molar-refractivity contribution in [3.05, 3.63) is 23.4 Å². The summed E-state index contributed by atoms with van der Waals surface area (Å²) in [5.41, 5.74) is 7.14. The topological polar surface area (TPSA) is 77.2 Å². The Kier molecular flexibility index (Phi) is 5.51. The number of nitrogens with zero attached hydrogens (tertiary/aromatic N) is 1. The van der Waals surface area contributed by atoms with Crippen LogP contribution in [0.4, 0.5) is 5.82 Å². The largest absolute Gasteiger partial charge is 0.466 e. The van der Waals surface area contributed by atoms with Gasteiger partial charge in [0.2, 0.25) is 0 Å². The molecule has 0 spiro atoms. The molecule has 3 N–H and O–H groups in total. The highest BCUT2D eigenvalue weighted by Gasteiger charge is 2.08. The Morgan fingerprint density at radius 1 is 1.56 bits per heavy atom. The number of pyridine rings is 1.